The molecule has 0 spiro atoms. The minimum atomic E-state index is 1.36. The van der Waals surface area contributed by atoms with E-state index in [1.807, 2.05) is 10.8 Å². The average Bonchev–Trinajstić information content (AvgIpc) is 1.94. The summed E-state index contributed by atoms with van der Waals surface area (Å²) in [6.45, 7) is 2.14. The Kier molecular flexibility index (Phi) is 3.16. The molecule has 54 valence electrons. The first-order valence-electron chi connectivity index (χ1n) is 3.11. The molecule has 1 aromatic carbocycles. The molecular formula is C8H10S2. The maximum Gasteiger partial charge on any atom is 0.0211 e. The molecule has 0 saturated heterocycles. The van der Waals surface area contributed by atoms with Crippen molar-refractivity contribution in [2.45, 2.75) is 11.8 Å². The van der Waals surface area contributed by atoms with E-state index < -0.39 is 0 Å². The van der Waals surface area contributed by atoms with Crippen LogP contribution in [-0.4, -0.2) is 6.26 Å². The van der Waals surface area contributed by atoms with Crippen LogP contribution in [0.5, 0.6) is 0 Å². The van der Waals surface area contributed by atoms with Gasteiger partial charge in [-0.1, -0.05) is 39.8 Å². The zero-order valence-corrected chi connectivity index (χ0v) is 7.76. The zero-order valence-electron chi connectivity index (χ0n) is 6.13. The molecule has 0 aromatic heterocycles. The van der Waals surface area contributed by atoms with Gasteiger partial charge in [0.15, 0.2) is 0 Å². The third-order valence-corrected chi connectivity index (χ3v) is 3.11. The molecule has 0 nitrogen and oxygen atoms in total. The van der Waals surface area contributed by atoms with E-state index in [1.54, 1.807) is 10.8 Å². The van der Waals surface area contributed by atoms with Crippen LogP contribution in [0.4, 0.5) is 0 Å². The van der Waals surface area contributed by atoms with Crippen LogP contribution in [-0.2, 0) is 0 Å². The van der Waals surface area contributed by atoms with Gasteiger partial charge in [-0.25, -0.2) is 0 Å². The highest BCUT2D eigenvalue weighted by molar-refractivity contribution is 8.76. The van der Waals surface area contributed by atoms with Gasteiger partial charge in [0.2, 0.25) is 0 Å². The summed E-state index contributed by atoms with van der Waals surface area (Å²) in [5, 5.41) is 0. The maximum absolute atomic E-state index is 2.15. The number of rotatable bonds is 2. The van der Waals surface area contributed by atoms with Crippen LogP contribution in [0.15, 0.2) is 29.2 Å². The molecule has 1 aromatic rings. The van der Waals surface area contributed by atoms with Gasteiger partial charge in [-0.15, -0.1) is 0 Å². The van der Waals surface area contributed by atoms with Gasteiger partial charge in [0.1, 0.15) is 0 Å². The van der Waals surface area contributed by atoms with E-state index in [0.717, 1.165) is 0 Å². The molecule has 0 aliphatic heterocycles. The molecular weight excluding hydrogens is 160 g/mol. The highest BCUT2D eigenvalue weighted by Crippen LogP contribution is 2.30. The molecule has 0 heterocycles. The molecule has 10 heavy (non-hydrogen) atoms. The van der Waals surface area contributed by atoms with Crippen molar-refractivity contribution in [1.29, 1.82) is 0 Å². The number of aryl methyl sites for hydroxylation is 1. The summed E-state index contributed by atoms with van der Waals surface area (Å²) in [5.74, 6) is 0. The Hall–Kier alpha value is -0.0800. The van der Waals surface area contributed by atoms with Crippen LogP contribution in [0.1, 0.15) is 5.56 Å². The molecule has 0 saturated carbocycles. The Bertz CT molecular complexity index is 208. The highest BCUT2D eigenvalue weighted by atomic mass is 33.1. The monoisotopic (exact) mass is 170 g/mol. The predicted molar refractivity (Wildman–Crippen MR) is 50.6 cm³/mol. The van der Waals surface area contributed by atoms with E-state index in [9.17, 15) is 0 Å². The van der Waals surface area contributed by atoms with Crippen molar-refractivity contribution in [1.82, 2.24) is 0 Å². The van der Waals surface area contributed by atoms with Crippen LogP contribution in [0.25, 0.3) is 0 Å². The van der Waals surface area contributed by atoms with Crippen LogP contribution in [0.3, 0.4) is 0 Å². The first-order valence-corrected chi connectivity index (χ1v) is 5.66. The molecule has 0 amide bonds. The molecule has 2 heteroatoms. The molecule has 1 rings (SSSR count). The number of hydrogen-bond acceptors (Lipinski definition) is 2. The van der Waals surface area contributed by atoms with Crippen molar-refractivity contribution in [2.24, 2.45) is 0 Å². The van der Waals surface area contributed by atoms with E-state index >= 15 is 0 Å². The van der Waals surface area contributed by atoms with Gasteiger partial charge in [0.25, 0.3) is 0 Å². The SMILES string of the molecule is CSSc1ccccc1C. The van der Waals surface area contributed by atoms with Gasteiger partial charge in [0.05, 0.1) is 0 Å². The quantitative estimate of drug-likeness (QED) is 0.624. The maximum atomic E-state index is 2.15. The second kappa shape index (κ2) is 3.94. The average molecular weight is 170 g/mol. The van der Waals surface area contributed by atoms with Crippen molar-refractivity contribution in [2.75, 3.05) is 6.26 Å². The molecule has 0 bridgehead atoms. The standard InChI is InChI=1S/C8H10S2/c1-7-5-3-4-6-8(7)10-9-2/h3-6H,1-2H3. The summed E-state index contributed by atoms with van der Waals surface area (Å²) in [6.07, 6.45) is 2.09. The normalized spacial score (nSPS) is 9.80. The second-order valence-electron chi connectivity index (χ2n) is 2.02. The number of hydrogen-bond donors (Lipinski definition) is 0. The summed E-state index contributed by atoms with van der Waals surface area (Å²) in [5.41, 5.74) is 1.36. The van der Waals surface area contributed by atoms with Gasteiger partial charge < -0.3 is 0 Å². The van der Waals surface area contributed by atoms with E-state index in [1.165, 1.54) is 10.5 Å². The Labute approximate surface area is 69.8 Å². The minimum Gasteiger partial charge on any atom is -0.0924 e. The third-order valence-electron chi connectivity index (χ3n) is 1.27. The van der Waals surface area contributed by atoms with E-state index in [-0.39, 0.29) is 0 Å². The van der Waals surface area contributed by atoms with Crippen LogP contribution in [0, 0.1) is 6.92 Å². The third kappa shape index (κ3) is 1.96. The fraction of sp³-hybridized carbons (Fsp3) is 0.250. The lowest BCUT2D eigenvalue weighted by Crippen LogP contribution is -1.73. The Morgan fingerprint density at radius 2 is 1.90 bits per heavy atom. The largest absolute Gasteiger partial charge is 0.0924 e. The smallest absolute Gasteiger partial charge is 0.0211 e. The van der Waals surface area contributed by atoms with Crippen molar-refractivity contribution in [3.8, 4) is 0 Å². The molecule has 0 fully saturated rings. The molecule has 0 aliphatic rings. The van der Waals surface area contributed by atoms with Crippen LogP contribution >= 0.6 is 21.6 Å². The highest BCUT2D eigenvalue weighted by Gasteiger charge is 1.93. The fourth-order valence-electron chi connectivity index (χ4n) is 0.740. The van der Waals surface area contributed by atoms with E-state index in [2.05, 4.69) is 37.4 Å². The van der Waals surface area contributed by atoms with Crippen LogP contribution in [0.2, 0.25) is 0 Å². The van der Waals surface area contributed by atoms with Crippen molar-refractivity contribution in [3.05, 3.63) is 29.8 Å². The van der Waals surface area contributed by atoms with Gasteiger partial charge >= 0.3 is 0 Å². The second-order valence-corrected chi connectivity index (χ2v) is 4.46. The first-order chi connectivity index (χ1) is 4.84. The van der Waals surface area contributed by atoms with Gasteiger partial charge in [-0.05, 0) is 24.8 Å². The summed E-state index contributed by atoms with van der Waals surface area (Å²) in [7, 11) is 3.60. The Balaban J connectivity index is 2.81. The molecule has 0 aliphatic carbocycles. The minimum absolute atomic E-state index is 1.36. The lowest BCUT2D eigenvalue weighted by atomic mass is 10.2. The van der Waals surface area contributed by atoms with Crippen molar-refractivity contribution < 1.29 is 0 Å². The predicted octanol–water partition coefficient (Wildman–Crippen LogP) is 3.37. The Morgan fingerprint density at radius 3 is 2.50 bits per heavy atom. The van der Waals surface area contributed by atoms with Gasteiger partial charge in [0, 0.05) is 4.90 Å². The number of benzene rings is 1. The van der Waals surface area contributed by atoms with Gasteiger partial charge in [-0.2, -0.15) is 0 Å². The van der Waals surface area contributed by atoms with E-state index in [0.29, 0.717) is 0 Å². The first kappa shape index (κ1) is 8.02. The van der Waals surface area contributed by atoms with Gasteiger partial charge in [-0.3, -0.25) is 0 Å². The van der Waals surface area contributed by atoms with E-state index in [4.69, 9.17) is 0 Å². The van der Waals surface area contributed by atoms with Crippen molar-refractivity contribution >= 4 is 21.6 Å². The molecule has 0 atom stereocenters. The summed E-state index contributed by atoms with van der Waals surface area (Å²) in [4.78, 5) is 1.37. The van der Waals surface area contributed by atoms with Crippen molar-refractivity contribution in [3.63, 3.8) is 0 Å². The molecule has 0 N–H and O–H groups in total. The lowest BCUT2D eigenvalue weighted by Gasteiger charge is -1.99. The summed E-state index contributed by atoms with van der Waals surface area (Å²) in [6, 6.07) is 8.43. The van der Waals surface area contributed by atoms with Crippen LogP contribution < -0.4 is 0 Å². The fourth-order valence-corrected chi connectivity index (χ4v) is 2.35. The lowest BCUT2D eigenvalue weighted by molar-refractivity contribution is 1.31. The molecule has 0 unspecified atom stereocenters. The Morgan fingerprint density at radius 1 is 1.20 bits per heavy atom. The topological polar surface area (TPSA) is 0 Å². The summed E-state index contributed by atoms with van der Waals surface area (Å²) < 4.78 is 0. The molecule has 0 radical (unpaired) electrons. The zero-order chi connectivity index (χ0) is 7.40. The summed E-state index contributed by atoms with van der Waals surface area (Å²) >= 11 is 0.